The van der Waals surface area contributed by atoms with E-state index in [1.807, 2.05) is 26.0 Å². The van der Waals surface area contributed by atoms with E-state index < -0.39 is 71.3 Å². The summed E-state index contributed by atoms with van der Waals surface area (Å²) in [6.07, 6.45) is 5.72. The highest BCUT2D eigenvalue weighted by molar-refractivity contribution is 6.39. The molecule has 1 saturated carbocycles. The highest BCUT2D eigenvalue weighted by atomic mass is 16.7. The monoisotopic (exact) mass is 805 g/mol. The Hall–Kier alpha value is -2.52. The Balaban J connectivity index is 1.78. The first-order chi connectivity index (χ1) is 26.9. The maximum atomic E-state index is 14.4. The number of aliphatic hydroxyl groups is 3. The Morgan fingerprint density at radius 1 is 0.947 bits per heavy atom. The fraction of sp³-hybridized carbons (Fsp3) is 0.818. The molecule has 2 saturated heterocycles. The van der Waals surface area contributed by atoms with Gasteiger partial charge in [0.1, 0.15) is 17.7 Å². The van der Waals surface area contributed by atoms with E-state index in [-0.39, 0.29) is 62.1 Å². The van der Waals surface area contributed by atoms with Crippen molar-refractivity contribution in [1.29, 1.82) is 0 Å². The highest BCUT2D eigenvalue weighted by Gasteiger charge is 2.60. The van der Waals surface area contributed by atoms with Gasteiger partial charge in [-0.3, -0.25) is 14.4 Å². The van der Waals surface area contributed by atoms with Crippen LogP contribution in [0.1, 0.15) is 119 Å². The number of Topliss-reactive ketones (excluding diaryl/α,β-unsaturated/α-hetero) is 2. The first kappa shape index (κ1) is 47.2. The molecular weight excluding hydrogens is 734 g/mol. The Morgan fingerprint density at radius 2 is 1.67 bits per heavy atom. The lowest BCUT2D eigenvalue weighted by Crippen LogP contribution is -2.67. The van der Waals surface area contributed by atoms with Crippen LogP contribution >= 0.6 is 0 Å². The number of fused-ring (bicyclic) bond motifs is 3. The van der Waals surface area contributed by atoms with E-state index in [0.717, 1.165) is 6.42 Å². The van der Waals surface area contributed by atoms with Crippen molar-refractivity contribution in [1.82, 2.24) is 4.90 Å². The third kappa shape index (κ3) is 11.0. The van der Waals surface area contributed by atoms with E-state index in [0.29, 0.717) is 62.5 Å². The molecule has 0 spiro atoms. The van der Waals surface area contributed by atoms with Gasteiger partial charge in [0.05, 0.1) is 31.0 Å². The van der Waals surface area contributed by atoms with Gasteiger partial charge in [0.25, 0.3) is 11.7 Å². The minimum atomic E-state index is -2.51. The van der Waals surface area contributed by atoms with E-state index in [1.54, 1.807) is 28.1 Å². The zero-order valence-corrected chi connectivity index (χ0v) is 35.9. The third-order valence-electron chi connectivity index (χ3n) is 13.2. The van der Waals surface area contributed by atoms with Gasteiger partial charge in [0, 0.05) is 46.1 Å². The van der Waals surface area contributed by atoms with E-state index in [1.165, 1.54) is 12.0 Å². The zero-order chi connectivity index (χ0) is 42.2. The Morgan fingerprint density at radius 3 is 2.32 bits per heavy atom. The van der Waals surface area contributed by atoms with Crippen LogP contribution in [-0.4, -0.2) is 126 Å². The number of carbonyl (C=O) groups excluding carboxylic acids is 4. The molecule has 3 aliphatic heterocycles. The van der Waals surface area contributed by atoms with Crippen LogP contribution in [0.2, 0.25) is 0 Å². The summed E-state index contributed by atoms with van der Waals surface area (Å²) in [7, 11) is 4.63. The number of nitrogens with zero attached hydrogens (tertiary/aromatic N) is 1. The van der Waals surface area contributed by atoms with Gasteiger partial charge >= 0.3 is 5.97 Å². The molecular formula is C44H71NO12. The molecule has 4 aliphatic rings. The van der Waals surface area contributed by atoms with Crippen LogP contribution in [-0.2, 0) is 42.9 Å². The molecule has 13 unspecified atom stereocenters. The lowest BCUT2D eigenvalue weighted by atomic mass is 9.76. The Kier molecular flexibility index (Phi) is 17.1. The molecule has 0 radical (unpaired) electrons. The number of rotatable bonds is 7. The van der Waals surface area contributed by atoms with Crippen LogP contribution in [0.15, 0.2) is 23.3 Å². The molecule has 3 heterocycles. The van der Waals surface area contributed by atoms with Crippen molar-refractivity contribution < 1.29 is 58.2 Å². The lowest BCUT2D eigenvalue weighted by Gasteiger charge is -2.51. The number of amides is 1. The molecule has 0 aromatic heterocycles. The van der Waals surface area contributed by atoms with Crippen molar-refractivity contribution in [2.75, 3.05) is 34.5 Å². The summed E-state index contributed by atoms with van der Waals surface area (Å²) in [4.78, 5) is 58.0. The van der Waals surface area contributed by atoms with Crippen LogP contribution in [0.25, 0.3) is 0 Å². The quantitative estimate of drug-likeness (QED) is 0.181. The van der Waals surface area contributed by atoms with Crippen molar-refractivity contribution in [3.63, 3.8) is 0 Å². The van der Waals surface area contributed by atoms with Gasteiger partial charge in [-0.2, -0.15) is 0 Å². The molecule has 13 heteroatoms. The number of hydrogen-bond donors (Lipinski definition) is 3. The summed E-state index contributed by atoms with van der Waals surface area (Å²) >= 11 is 0. The van der Waals surface area contributed by atoms with Crippen molar-refractivity contribution in [3.8, 4) is 0 Å². The number of allylic oxidation sites excluding steroid dienone is 3. The number of hydrogen-bond acceptors (Lipinski definition) is 12. The van der Waals surface area contributed by atoms with Crippen molar-refractivity contribution in [2.45, 2.75) is 167 Å². The molecule has 3 N–H and O–H groups in total. The molecule has 0 aromatic carbocycles. The fourth-order valence-corrected chi connectivity index (χ4v) is 9.71. The van der Waals surface area contributed by atoms with E-state index in [2.05, 4.69) is 13.8 Å². The molecule has 1 aliphatic carbocycles. The van der Waals surface area contributed by atoms with E-state index in [9.17, 15) is 34.5 Å². The average molecular weight is 806 g/mol. The number of esters is 1. The molecule has 0 aromatic rings. The SMILES string of the molecule is CCC1=CC(C)CC(C)CCC2(COC)OC(O)(C(=O)C(=O)N3CCCCC3C(=O)OC(C(C)=CC3CCC(O)C(OC)C3)C(C)C(O)CC1=O)C(C)CC2OC. The summed E-state index contributed by atoms with van der Waals surface area (Å²) < 4.78 is 29.8. The minimum Gasteiger partial charge on any atom is -0.456 e. The number of aliphatic hydroxyl groups excluding tert-OH is 2. The largest absolute Gasteiger partial charge is 0.456 e. The van der Waals surface area contributed by atoms with Crippen molar-refractivity contribution >= 4 is 23.4 Å². The molecule has 13 nitrogen and oxygen atoms in total. The number of methoxy groups -OCH3 is 3. The normalized spacial score (nSPS) is 40.1. The summed E-state index contributed by atoms with van der Waals surface area (Å²) in [6, 6.07) is -1.14. The second kappa shape index (κ2) is 20.6. The molecule has 324 valence electrons. The molecule has 1 amide bonds. The molecule has 2 bridgehead atoms. The molecule has 3 fully saturated rings. The van der Waals surface area contributed by atoms with Crippen LogP contribution in [0.4, 0.5) is 0 Å². The van der Waals surface area contributed by atoms with Crippen LogP contribution in [0.5, 0.6) is 0 Å². The van der Waals surface area contributed by atoms with Crippen molar-refractivity contribution in [2.24, 2.45) is 29.6 Å². The first-order valence-electron chi connectivity index (χ1n) is 21.3. The first-order valence-corrected chi connectivity index (χ1v) is 21.3. The van der Waals surface area contributed by atoms with Crippen LogP contribution in [0.3, 0.4) is 0 Å². The Bertz CT molecular complexity index is 1460. The highest BCUT2D eigenvalue weighted by Crippen LogP contribution is 2.44. The summed E-state index contributed by atoms with van der Waals surface area (Å²) in [6.45, 7) is 11.4. The number of cyclic esters (lactones) is 1. The summed E-state index contributed by atoms with van der Waals surface area (Å²) in [5.74, 6) is -7.03. The van der Waals surface area contributed by atoms with Crippen molar-refractivity contribution in [3.05, 3.63) is 23.3 Å². The minimum absolute atomic E-state index is 0.000332. The predicted octanol–water partition coefficient (Wildman–Crippen LogP) is 4.86. The van der Waals surface area contributed by atoms with Gasteiger partial charge in [-0.15, -0.1) is 0 Å². The average Bonchev–Trinajstić information content (AvgIpc) is 3.18. The van der Waals surface area contributed by atoms with Crippen LogP contribution in [0, 0.1) is 29.6 Å². The molecule has 4 rings (SSSR count). The van der Waals surface area contributed by atoms with Gasteiger partial charge in [-0.05, 0) is 106 Å². The van der Waals surface area contributed by atoms with Gasteiger partial charge in [-0.25, -0.2) is 4.79 Å². The Labute approximate surface area is 339 Å². The smallest absolute Gasteiger partial charge is 0.329 e. The number of ketones is 2. The van der Waals surface area contributed by atoms with Gasteiger partial charge in [0.15, 0.2) is 5.78 Å². The third-order valence-corrected chi connectivity index (χ3v) is 13.2. The number of carbonyl (C=O) groups is 4. The summed E-state index contributed by atoms with van der Waals surface area (Å²) in [5.41, 5.74) is 0.0241. The van der Waals surface area contributed by atoms with Gasteiger partial charge in [0.2, 0.25) is 5.79 Å². The second-order valence-electron chi connectivity index (χ2n) is 17.6. The topological polar surface area (TPSA) is 178 Å². The fourth-order valence-electron chi connectivity index (χ4n) is 9.71. The zero-order valence-electron chi connectivity index (χ0n) is 35.9. The lowest BCUT2D eigenvalue weighted by molar-refractivity contribution is -0.332. The maximum Gasteiger partial charge on any atom is 0.329 e. The van der Waals surface area contributed by atoms with Gasteiger partial charge in [-0.1, -0.05) is 46.8 Å². The van der Waals surface area contributed by atoms with E-state index in [4.69, 9.17) is 23.7 Å². The van der Waals surface area contributed by atoms with Gasteiger partial charge < -0.3 is 43.9 Å². The van der Waals surface area contributed by atoms with E-state index >= 15 is 0 Å². The second-order valence-corrected chi connectivity index (χ2v) is 17.6. The standard InChI is InChI=1S/C44H71NO12/c1-10-32-20-27(3)19-26(2)16-17-43(25-53-7)38(55-9)22-29(5)44(52,57-43)40(49)41(50)45-18-12-11-13-33(45)42(51)56-39(30(6)35(47)24-36(32)48)28(4)21-31-14-15-34(46)37(23-31)54-8/h20-21,26-27,29-31,33-35,37-39,46-47,52H,10-19,22-25H2,1-9H3. The predicted molar refractivity (Wildman–Crippen MR) is 213 cm³/mol. The number of ether oxygens (including phenoxy) is 5. The number of piperidine rings is 1. The molecule has 13 atom stereocenters. The maximum absolute atomic E-state index is 14.4. The van der Waals surface area contributed by atoms with Crippen LogP contribution < -0.4 is 0 Å². The molecule has 57 heavy (non-hydrogen) atoms. The summed E-state index contributed by atoms with van der Waals surface area (Å²) in [5, 5.41) is 34.3.